The number of carbonyl (C=O) groups is 1. The Bertz CT molecular complexity index is 1240. The third-order valence-electron chi connectivity index (χ3n) is 6.59. The number of hydrogen-bond donors (Lipinski definition) is 2. The Morgan fingerprint density at radius 2 is 1.94 bits per heavy atom. The van der Waals surface area contributed by atoms with E-state index in [1.54, 1.807) is 7.11 Å². The van der Waals surface area contributed by atoms with Crippen molar-refractivity contribution in [2.24, 2.45) is 0 Å². The van der Waals surface area contributed by atoms with Gasteiger partial charge in [0.1, 0.15) is 6.61 Å². The number of rotatable bonds is 9. The molecule has 2 atom stereocenters. The predicted octanol–water partition coefficient (Wildman–Crippen LogP) is 4.22. The second-order valence-electron chi connectivity index (χ2n) is 8.95. The van der Waals surface area contributed by atoms with Gasteiger partial charge >= 0.3 is 0 Å². The molecule has 1 saturated heterocycles. The molecule has 1 aliphatic heterocycles. The summed E-state index contributed by atoms with van der Waals surface area (Å²) in [5.74, 6) is -0.191. The second kappa shape index (κ2) is 11.2. The topological polar surface area (TPSA) is 80.7 Å². The number of nitrogens with zero attached hydrogens (tertiary/aromatic N) is 3. The molecule has 0 aliphatic carbocycles. The molecular formula is C27H33N5O3S. The van der Waals surface area contributed by atoms with Gasteiger partial charge in [-0.05, 0) is 80.5 Å². The van der Waals surface area contributed by atoms with E-state index in [9.17, 15) is 4.79 Å². The fraction of sp³-hybridized carbons (Fsp3) is 0.370. The van der Waals surface area contributed by atoms with Crippen LogP contribution in [0.3, 0.4) is 0 Å². The van der Waals surface area contributed by atoms with Gasteiger partial charge in [-0.2, -0.15) is 0 Å². The van der Waals surface area contributed by atoms with E-state index in [0.717, 1.165) is 29.2 Å². The van der Waals surface area contributed by atoms with Crippen molar-refractivity contribution in [3.05, 3.63) is 76.9 Å². The quantitative estimate of drug-likeness (QED) is 0.420. The van der Waals surface area contributed by atoms with Crippen molar-refractivity contribution >= 4 is 34.6 Å². The first-order chi connectivity index (χ1) is 17.3. The molecule has 1 aromatic carbocycles. The second-order valence-corrected chi connectivity index (χ2v) is 9.33. The molecule has 1 fully saturated rings. The Balaban J connectivity index is 1.77. The number of nitrogens with one attached hydrogen (secondary N) is 2. The van der Waals surface area contributed by atoms with Gasteiger partial charge < -0.3 is 29.6 Å². The largest absolute Gasteiger partial charge is 0.383 e. The summed E-state index contributed by atoms with van der Waals surface area (Å²) in [6.45, 7) is 7.66. The predicted molar refractivity (Wildman–Crippen MR) is 145 cm³/mol. The van der Waals surface area contributed by atoms with Crippen molar-refractivity contribution in [3.8, 4) is 0 Å². The molecule has 3 heterocycles. The first-order valence-corrected chi connectivity index (χ1v) is 12.3. The van der Waals surface area contributed by atoms with Crippen LogP contribution in [0.15, 0.2) is 48.7 Å². The number of methoxy groups -OCH3 is 2. The minimum absolute atomic E-state index is 0.00778. The number of benzene rings is 1. The monoisotopic (exact) mass is 507 g/mol. The Morgan fingerprint density at radius 1 is 1.14 bits per heavy atom. The summed E-state index contributed by atoms with van der Waals surface area (Å²) >= 11 is 5.88. The zero-order valence-corrected chi connectivity index (χ0v) is 22.2. The van der Waals surface area contributed by atoms with Crippen LogP contribution in [0.4, 0.5) is 11.4 Å². The van der Waals surface area contributed by atoms with Crippen molar-refractivity contribution in [3.63, 3.8) is 0 Å². The molecule has 2 aromatic heterocycles. The summed E-state index contributed by atoms with van der Waals surface area (Å²) in [5, 5.41) is 7.06. The molecule has 0 saturated carbocycles. The number of aromatic nitrogens is 2. The molecule has 0 spiro atoms. The number of amides is 1. The highest BCUT2D eigenvalue weighted by molar-refractivity contribution is 7.80. The number of carbonyl (C=O) groups excluding carboxylic acids is 1. The maximum absolute atomic E-state index is 12.0. The first kappa shape index (κ1) is 25.8. The molecule has 4 rings (SSSR count). The Morgan fingerprint density at radius 3 is 2.61 bits per heavy atom. The van der Waals surface area contributed by atoms with Gasteiger partial charge in [0.25, 0.3) is 0 Å². The van der Waals surface area contributed by atoms with Crippen molar-refractivity contribution in [2.45, 2.75) is 39.4 Å². The number of hydrogen-bond acceptors (Lipinski definition) is 5. The van der Waals surface area contributed by atoms with Crippen LogP contribution >= 0.6 is 12.2 Å². The lowest BCUT2D eigenvalue weighted by molar-refractivity contribution is -0.119. The summed E-state index contributed by atoms with van der Waals surface area (Å²) < 4.78 is 12.6. The van der Waals surface area contributed by atoms with Gasteiger partial charge in [-0.3, -0.25) is 9.78 Å². The first-order valence-electron chi connectivity index (χ1n) is 11.9. The average Bonchev–Trinajstić information content (AvgIpc) is 3.35. The molecule has 190 valence electrons. The smallest absolute Gasteiger partial charge is 0.250 e. The van der Waals surface area contributed by atoms with Crippen LogP contribution in [0.2, 0.25) is 0 Å². The Hall–Kier alpha value is -3.27. The molecule has 0 radical (unpaired) electrons. The zero-order chi connectivity index (χ0) is 25.8. The lowest BCUT2D eigenvalue weighted by Gasteiger charge is -2.29. The highest BCUT2D eigenvalue weighted by Crippen LogP contribution is 2.43. The van der Waals surface area contributed by atoms with E-state index in [2.05, 4.69) is 45.0 Å². The van der Waals surface area contributed by atoms with Crippen LogP contribution in [0, 0.1) is 20.8 Å². The third kappa shape index (κ3) is 5.13. The van der Waals surface area contributed by atoms with E-state index >= 15 is 0 Å². The number of ether oxygens (including phenoxy) is 2. The van der Waals surface area contributed by atoms with E-state index in [1.165, 1.54) is 24.1 Å². The summed E-state index contributed by atoms with van der Waals surface area (Å²) in [6.07, 6.45) is 1.81. The molecule has 1 aliphatic rings. The van der Waals surface area contributed by atoms with E-state index in [0.29, 0.717) is 11.7 Å². The van der Waals surface area contributed by atoms with Crippen molar-refractivity contribution in [1.82, 2.24) is 14.9 Å². The van der Waals surface area contributed by atoms with Crippen molar-refractivity contribution < 1.29 is 14.3 Å². The number of aryl methyl sites for hydroxylation is 2. The molecule has 0 bridgehead atoms. The molecular weight excluding hydrogens is 474 g/mol. The Labute approximate surface area is 217 Å². The van der Waals surface area contributed by atoms with Crippen LogP contribution < -0.4 is 15.5 Å². The molecule has 0 unspecified atom stereocenters. The number of pyridine rings is 1. The minimum Gasteiger partial charge on any atom is -0.383 e. The van der Waals surface area contributed by atoms with Crippen molar-refractivity contribution in [1.29, 1.82) is 0 Å². The van der Waals surface area contributed by atoms with Crippen LogP contribution in [0.1, 0.15) is 40.3 Å². The van der Waals surface area contributed by atoms with Gasteiger partial charge in [0.2, 0.25) is 5.91 Å². The van der Waals surface area contributed by atoms with Crippen LogP contribution in [-0.2, 0) is 20.8 Å². The summed E-state index contributed by atoms with van der Waals surface area (Å²) in [7, 11) is 3.22. The van der Waals surface area contributed by atoms with Gasteiger partial charge in [0.15, 0.2) is 5.11 Å². The lowest BCUT2D eigenvalue weighted by Crippen LogP contribution is -2.29. The molecule has 1 amide bonds. The lowest BCUT2D eigenvalue weighted by atomic mass is 9.96. The highest BCUT2D eigenvalue weighted by Gasteiger charge is 2.42. The summed E-state index contributed by atoms with van der Waals surface area (Å²) in [4.78, 5) is 18.9. The number of anilines is 2. The Kier molecular flexibility index (Phi) is 8.03. The average molecular weight is 508 g/mol. The fourth-order valence-electron chi connectivity index (χ4n) is 4.86. The van der Waals surface area contributed by atoms with Gasteiger partial charge in [-0.25, -0.2) is 0 Å². The van der Waals surface area contributed by atoms with E-state index < -0.39 is 0 Å². The van der Waals surface area contributed by atoms with E-state index in [4.69, 9.17) is 21.7 Å². The molecule has 2 N–H and O–H groups in total. The molecule has 9 heteroatoms. The van der Waals surface area contributed by atoms with Gasteiger partial charge in [0.05, 0.1) is 24.4 Å². The van der Waals surface area contributed by atoms with E-state index in [-0.39, 0.29) is 24.6 Å². The maximum atomic E-state index is 12.0. The van der Waals surface area contributed by atoms with Gasteiger partial charge in [0, 0.05) is 49.7 Å². The van der Waals surface area contributed by atoms with Crippen LogP contribution in [-0.4, -0.2) is 48.0 Å². The van der Waals surface area contributed by atoms with Crippen molar-refractivity contribution in [2.75, 3.05) is 37.7 Å². The van der Waals surface area contributed by atoms with Gasteiger partial charge in [-0.1, -0.05) is 6.07 Å². The van der Waals surface area contributed by atoms with Crippen LogP contribution in [0.25, 0.3) is 0 Å². The molecule has 8 nitrogen and oxygen atoms in total. The zero-order valence-electron chi connectivity index (χ0n) is 21.4. The van der Waals surface area contributed by atoms with Crippen LogP contribution in [0.5, 0.6) is 0 Å². The normalized spacial score (nSPS) is 17.4. The SMILES string of the molecule is COCCn1c(C)cc([C@@H]2[C@H](c3ccccn3)NC(=S)N2c2ccc(NC(=O)COC)c(C)c2)c1C. The number of thiocarbonyl (C=S) groups is 1. The third-order valence-corrected chi connectivity index (χ3v) is 6.90. The standard InChI is InChI=1S/C27H33N5O3S/c1-17-14-20(9-10-22(17)29-24(33)16-35-5)32-26(21-15-18(2)31(19(21)3)12-13-34-4)25(30-27(32)36)23-8-6-7-11-28-23/h6-11,14-15,25-26H,12-13,16H2,1-5H3,(H,29,33)(H,30,36)/t25-,26+/m0/s1. The minimum atomic E-state index is -0.191. The maximum Gasteiger partial charge on any atom is 0.250 e. The van der Waals surface area contributed by atoms with E-state index in [1.807, 2.05) is 49.5 Å². The molecule has 3 aromatic rings. The highest BCUT2D eigenvalue weighted by atomic mass is 32.1. The van der Waals surface area contributed by atoms with Gasteiger partial charge in [-0.15, -0.1) is 0 Å². The molecule has 36 heavy (non-hydrogen) atoms. The fourth-order valence-corrected chi connectivity index (χ4v) is 5.20. The summed E-state index contributed by atoms with van der Waals surface area (Å²) in [6, 6.07) is 13.9. The summed E-state index contributed by atoms with van der Waals surface area (Å²) in [5.41, 5.74) is 7.08.